The Morgan fingerprint density at radius 3 is 2.43 bits per heavy atom. The van der Waals surface area contributed by atoms with Crippen LogP contribution in [0.15, 0.2) is 54.6 Å². The lowest BCUT2D eigenvalue weighted by atomic mass is 10.1. The molecule has 10 heteroatoms. The highest BCUT2D eigenvalue weighted by Gasteiger charge is 2.29. The van der Waals surface area contributed by atoms with Crippen LogP contribution in [0.4, 0.5) is 13.2 Å². The van der Waals surface area contributed by atoms with Gasteiger partial charge in [0.1, 0.15) is 11.5 Å². The summed E-state index contributed by atoms with van der Waals surface area (Å²) in [6.07, 6.45) is -5.02. The van der Waals surface area contributed by atoms with Gasteiger partial charge < -0.3 is 14.7 Å². The summed E-state index contributed by atoms with van der Waals surface area (Å²) >= 11 is 0. The number of carboxylic acid groups (broad SMARTS) is 1. The predicted molar refractivity (Wildman–Crippen MR) is 120 cm³/mol. The monoisotopic (exact) mass is 485 g/mol. The molecule has 1 fully saturated rings. The van der Waals surface area contributed by atoms with E-state index in [1.807, 2.05) is 6.92 Å². The molecular weight excluding hydrogens is 463 g/mol. The number of hydrogen-bond donors (Lipinski definition) is 1. The number of carbonyl (C=O) groups excluding carboxylic acids is 1. The van der Waals surface area contributed by atoms with E-state index in [-0.39, 0.29) is 23.1 Å². The van der Waals surface area contributed by atoms with Crippen LogP contribution in [0.5, 0.6) is 11.5 Å². The molecule has 0 saturated carbocycles. The van der Waals surface area contributed by atoms with Crippen LogP contribution in [-0.2, 0) is 17.8 Å². The van der Waals surface area contributed by atoms with Crippen molar-refractivity contribution in [2.24, 2.45) is 5.92 Å². The number of amides is 1. The van der Waals surface area contributed by atoms with E-state index in [9.17, 15) is 27.9 Å². The highest BCUT2D eigenvalue weighted by atomic mass is 19.4. The second-order valence-corrected chi connectivity index (χ2v) is 8.54. The molecule has 2 aromatic carbocycles. The van der Waals surface area contributed by atoms with E-state index >= 15 is 0 Å². The van der Waals surface area contributed by atoms with E-state index in [1.54, 1.807) is 35.2 Å². The van der Waals surface area contributed by atoms with Crippen molar-refractivity contribution >= 4 is 11.9 Å². The van der Waals surface area contributed by atoms with Gasteiger partial charge in [-0.1, -0.05) is 13.0 Å². The SMILES string of the molecule is C[C@H]1CC(=O)N(Cc2ccc(C(=O)O)cc2Oc2ccc(-c3ccc(CC(F)(F)F)nn3)cc2)C1. The quantitative estimate of drug-likeness (QED) is 0.500. The molecule has 3 aromatic rings. The maximum absolute atomic E-state index is 12.5. The lowest BCUT2D eigenvalue weighted by molar-refractivity contribution is -0.129. The molecule has 1 atom stereocenters. The fraction of sp³-hybridized carbons (Fsp3) is 0.280. The molecule has 0 bridgehead atoms. The average molecular weight is 485 g/mol. The first kappa shape index (κ1) is 24.2. The molecule has 182 valence electrons. The van der Waals surface area contributed by atoms with Crippen LogP contribution in [0.25, 0.3) is 11.3 Å². The Kier molecular flexibility index (Phi) is 6.72. The van der Waals surface area contributed by atoms with Crippen molar-refractivity contribution in [3.8, 4) is 22.8 Å². The van der Waals surface area contributed by atoms with Crippen molar-refractivity contribution in [2.75, 3.05) is 6.54 Å². The summed E-state index contributed by atoms with van der Waals surface area (Å²) in [6.45, 7) is 2.92. The third-order valence-electron chi connectivity index (χ3n) is 5.56. The molecule has 1 amide bonds. The van der Waals surface area contributed by atoms with E-state index in [4.69, 9.17) is 4.74 Å². The lowest BCUT2D eigenvalue weighted by Crippen LogP contribution is -2.24. The average Bonchev–Trinajstić information content (AvgIpc) is 3.11. The van der Waals surface area contributed by atoms with Gasteiger partial charge in [0.2, 0.25) is 5.91 Å². The highest BCUT2D eigenvalue weighted by Crippen LogP contribution is 2.31. The van der Waals surface area contributed by atoms with E-state index in [0.717, 1.165) is 0 Å². The zero-order chi connectivity index (χ0) is 25.2. The second kappa shape index (κ2) is 9.73. The Balaban J connectivity index is 1.53. The number of hydrogen-bond acceptors (Lipinski definition) is 5. The molecule has 1 aliphatic rings. The molecule has 2 heterocycles. The summed E-state index contributed by atoms with van der Waals surface area (Å²) in [5.41, 5.74) is 1.58. The number of aromatic carboxylic acids is 1. The molecule has 0 spiro atoms. The van der Waals surface area contributed by atoms with Crippen molar-refractivity contribution in [1.29, 1.82) is 0 Å². The Hall–Kier alpha value is -3.95. The van der Waals surface area contributed by atoms with Crippen LogP contribution in [0, 0.1) is 5.92 Å². The Morgan fingerprint density at radius 2 is 1.86 bits per heavy atom. The number of carboxylic acids is 1. The molecule has 1 aromatic heterocycles. The van der Waals surface area contributed by atoms with Gasteiger partial charge in [0.25, 0.3) is 0 Å². The molecule has 1 aliphatic heterocycles. The minimum Gasteiger partial charge on any atom is -0.478 e. The van der Waals surface area contributed by atoms with Crippen LogP contribution in [0.1, 0.15) is 35.0 Å². The molecule has 0 unspecified atom stereocenters. The second-order valence-electron chi connectivity index (χ2n) is 8.54. The standard InChI is InChI=1S/C25H22F3N3O4/c1-15-10-23(32)31(13-15)14-18-3-2-17(24(33)34)11-22(18)35-20-7-4-16(5-8-20)21-9-6-19(29-30-21)12-25(26,27)28/h2-9,11,15H,10,12-14H2,1H3,(H,33,34)/t15-/m0/s1. The topological polar surface area (TPSA) is 92.6 Å². The van der Waals surface area contributed by atoms with Gasteiger partial charge in [-0.3, -0.25) is 4.79 Å². The minimum atomic E-state index is -4.35. The molecule has 4 rings (SSSR count). The number of ether oxygens (including phenoxy) is 1. The predicted octanol–water partition coefficient (Wildman–Crippen LogP) is 5.11. The molecule has 1 saturated heterocycles. The van der Waals surface area contributed by atoms with Crippen molar-refractivity contribution in [3.05, 3.63) is 71.4 Å². The molecule has 7 nitrogen and oxygen atoms in total. The molecule has 0 radical (unpaired) electrons. The maximum Gasteiger partial charge on any atom is 0.394 e. The smallest absolute Gasteiger partial charge is 0.394 e. The van der Waals surface area contributed by atoms with Gasteiger partial charge in [0, 0.05) is 30.6 Å². The number of alkyl halides is 3. The lowest BCUT2D eigenvalue weighted by Gasteiger charge is -2.19. The number of likely N-dealkylation sites (tertiary alicyclic amines) is 1. The molecule has 1 N–H and O–H groups in total. The number of nitrogens with zero attached hydrogens (tertiary/aromatic N) is 3. The van der Waals surface area contributed by atoms with Gasteiger partial charge in [0.05, 0.1) is 23.4 Å². The van der Waals surface area contributed by atoms with Crippen molar-refractivity contribution in [1.82, 2.24) is 15.1 Å². The molecular formula is C25H22F3N3O4. The number of rotatable bonds is 7. The number of benzene rings is 2. The first-order valence-corrected chi connectivity index (χ1v) is 10.9. The van der Waals surface area contributed by atoms with E-state index in [0.29, 0.717) is 47.8 Å². The van der Waals surface area contributed by atoms with Crippen LogP contribution >= 0.6 is 0 Å². The fourth-order valence-electron chi connectivity index (χ4n) is 3.88. The highest BCUT2D eigenvalue weighted by molar-refractivity contribution is 5.88. The minimum absolute atomic E-state index is 0.0393. The first-order chi connectivity index (χ1) is 16.6. The van der Waals surface area contributed by atoms with E-state index < -0.39 is 18.6 Å². The molecule has 0 aliphatic carbocycles. The van der Waals surface area contributed by atoms with Crippen LogP contribution in [0.3, 0.4) is 0 Å². The number of halogens is 3. The molecule has 35 heavy (non-hydrogen) atoms. The summed E-state index contributed by atoms with van der Waals surface area (Å²) in [6, 6.07) is 13.9. The Labute approximate surface area is 199 Å². The normalized spacial score (nSPS) is 15.9. The maximum atomic E-state index is 12.5. The summed E-state index contributed by atoms with van der Waals surface area (Å²) in [4.78, 5) is 25.4. The third kappa shape index (κ3) is 6.14. The van der Waals surface area contributed by atoms with Crippen molar-refractivity contribution < 1.29 is 32.6 Å². The summed E-state index contributed by atoms with van der Waals surface area (Å²) in [5, 5.41) is 16.9. The van der Waals surface area contributed by atoms with Gasteiger partial charge in [-0.25, -0.2) is 4.79 Å². The van der Waals surface area contributed by atoms with Crippen LogP contribution in [-0.4, -0.2) is 44.8 Å². The zero-order valence-electron chi connectivity index (χ0n) is 18.7. The number of aromatic nitrogens is 2. The van der Waals surface area contributed by atoms with Crippen LogP contribution < -0.4 is 4.74 Å². The summed E-state index contributed by atoms with van der Waals surface area (Å²) in [5.74, 6) is -0.0717. The fourth-order valence-corrected chi connectivity index (χ4v) is 3.88. The van der Waals surface area contributed by atoms with Gasteiger partial charge in [-0.05, 0) is 54.4 Å². The van der Waals surface area contributed by atoms with Gasteiger partial charge >= 0.3 is 12.1 Å². The largest absolute Gasteiger partial charge is 0.478 e. The Morgan fingerprint density at radius 1 is 1.11 bits per heavy atom. The van der Waals surface area contributed by atoms with Crippen LogP contribution in [0.2, 0.25) is 0 Å². The zero-order valence-corrected chi connectivity index (χ0v) is 18.7. The third-order valence-corrected chi connectivity index (χ3v) is 5.56. The summed E-state index contributed by atoms with van der Waals surface area (Å²) in [7, 11) is 0. The van der Waals surface area contributed by atoms with E-state index in [2.05, 4.69) is 10.2 Å². The van der Waals surface area contributed by atoms with Crippen molar-refractivity contribution in [3.63, 3.8) is 0 Å². The first-order valence-electron chi connectivity index (χ1n) is 10.9. The van der Waals surface area contributed by atoms with Gasteiger partial charge in [-0.2, -0.15) is 23.4 Å². The van der Waals surface area contributed by atoms with Gasteiger partial charge in [-0.15, -0.1) is 0 Å². The van der Waals surface area contributed by atoms with Crippen molar-refractivity contribution in [2.45, 2.75) is 32.5 Å². The number of carbonyl (C=O) groups is 2. The Bertz CT molecular complexity index is 1230. The van der Waals surface area contributed by atoms with E-state index in [1.165, 1.54) is 24.3 Å². The van der Waals surface area contributed by atoms with Gasteiger partial charge in [0.15, 0.2) is 0 Å². The summed E-state index contributed by atoms with van der Waals surface area (Å²) < 4.78 is 43.5.